The lowest BCUT2D eigenvalue weighted by molar-refractivity contribution is -0.140. The van der Waals surface area contributed by atoms with E-state index in [0.29, 0.717) is 31.5 Å². The number of rotatable bonds is 8. The van der Waals surface area contributed by atoms with Gasteiger partial charge in [-0.2, -0.15) is 5.26 Å². The van der Waals surface area contributed by atoms with Gasteiger partial charge in [-0.15, -0.1) is 11.3 Å². The van der Waals surface area contributed by atoms with Crippen LogP contribution in [0.1, 0.15) is 17.7 Å². The quantitative estimate of drug-likeness (QED) is 0.564. The normalized spacial score (nSPS) is 9.91. The third-order valence-electron chi connectivity index (χ3n) is 2.96. The number of ether oxygens (including phenoxy) is 1. The molecule has 0 fully saturated rings. The number of hydrogen-bond acceptors (Lipinski definition) is 8. The molecule has 0 unspecified atom stereocenters. The Morgan fingerprint density at radius 2 is 2.22 bits per heavy atom. The number of nitrogens with zero attached hydrogens (tertiary/aromatic N) is 3. The van der Waals surface area contributed by atoms with Crippen molar-refractivity contribution in [2.45, 2.75) is 12.8 Å². The van der Waals surface area contributed by atoms with E-state index in [1.54, 1.807) is 12.1 Å². The number of methoxy groups -OCH3 is 1. The van der Waals surface area contributed by atoms with E-state index in [4.69, 9.17) is 5.26 Å². The SMILES string of the molecule is COC(=O)CCc1csc(NCCNc2ccc(C#N)cn2)n1. The molecule has 0 spiro atoms. The molecule has 0 aliphatic carbocycles. The van der Waals surface area contributed by atoms with E-state index < -0.39 is 0 Å². The van der Waals surface area contributed by atoms with Crippen LogP contribution in [0.5, 0.6) is 0 Å². The second kappa shape index (κ2) is 8.70. The van der Waals surface area contributed by atoms with Gasteiger partial charge in [-0.3, -0.25) is 4.79 Å². The van der Waals surface area contributed by atoms with Crippen LogP contribution in [0.25, 0.3) is 0 Å². The van der Waals surface area contributed by atoms with Crippen molar-refractivity contribution in [2.75, 3.05) is 30.8 Å². The van der Waals surface area contributed by atoms with Gasteiger partial charge in [0.25, 0.3) is 0 Å². The van der Waals surface area contributed by atoms with Gasteiger partial charge in [0, 0.05) is 31.1 Å². The zero-order valence-electron chi connectivity index (χ0n) is 12.7. The van der Waals surface area contributed by atoms with Crippen LogP contribution in [-0.2, 0) is 16.0 Å². The van der Waals surface area contributed by atoms with Crippen LogP contribution in [-0.4, -0.2) is 36.1 Å². The third kappa shape index (κ3) is 5.56. The van der Waals surface area contributed by atoms with Crippen LogP contribution in [0, 0.1) is 11.3 Å². The molecule has 0 atom stereocenters. The minimum Gasteiger partial charge on any atom is -0.469 e. The molecule has 0 radical (unpaired) electrons. The Hall–Kier alpha value is -2.66. The van der Waals surface area contributed by atoms with Crippen LogP contribution < -0.4 is 10.6 Å². The molecular formula is C15H17N5O2S. The van der Waals surface area contributed by atoms with E-state index in [2.05, 4.69) is 25.3 Å². The molecule has 2 rings (SSSR count). The number of nitriles is 1. The molecule has 2 N–H and O–H groups in total. The number of pyridine rings is 1. The molecule has 0 aliphatic rings. The first kappa shape index (κ1) is 16.7. The first-order valence-corrected chi connectivity index (χ1v) is 7.94. The molecule has 0 saturated heterocycles. The lowest BCUT2D eigenvalue weighted by atomic mass is 10.2. The van der Waals surface area contributed by atoms with Crippen molar-refractivity contribution >= 4 is 28.3 Å². The summed E-state index contributed by atoms with van der Waals surface area (Å²) in [6.07, 6.45) is 2.45. The average Bonchev–Trinajstić information content (AvgIpc) is 3.05. The predicted octanol–water partition coefficient (Wildman–Crippen LogP) is 2.04. The first-order chi connectivity index (χ1) is 11.2. The lowest BCUT2D eigenvalue weighted by Gasteiger charge is -2.06. The fourth-order valence-electron chi connectivity index (χ4n) is 1.76. The summed E-state index contributed by atoms with van der Waals surface area (Å²) in [5.41, 5.74) is 1.42. The number of carbonyl (C=O) groups excluding carboxylic acids is 1. The van der Waals surface area contributed by atoms with Crippen molar-refractivity contribution in [1.82, 2.24) is 9.97 Å². The fraction of sp³-hybridized carbons (Fsp3) is 0.333. The average molecular weight is 331 g/mol. The van der Waals surface area contributed by atoms with Gasteiger partial charge < -0.3 is 15.4 Å². The third-order valence-corrected chi connectivity index (χ3v) is 3.81. The molecule has 2 aromatic rings. The van der Waals surface area contributed by atoms with Crippen molar-refractivity contribution in [1.29, 1.82) is 5.26 Å². The Kier molecular flexibility index (Phi) is 6.32. The molecule has 0 aromatic carbocycles. The predicted molar refractivity (Wildman–Crippen MR) is 88.4 cm³/mol. The van der Waals surface area contributed by atoms with Gasteiger partial charge in [0.05, 0.1) is 24.8 Å². The van der Waals surface area contributed by atoms with E-state index in [1.165, 1.54) is 24.6 Å². The van der Waals surface area contributed by atoms with Gasteiger partial charge in [-0.25, -0.2) is 9.97 Å². The number of thiazole rings is 1. The highest BCUT2D eigenvalue weighted by Crippen LogP contribution is 2.16. The number of aryl methyl sites for hydroxylation is 1. The largest absolute Gasteiger partial charge is 0.469 e. The summed E-state index contributed by atoms with van der Waals surface area (Å²) in [4.78, 5) is 19.6. The highest BCUT2D eigenvalue weighted by Gasteiger charge is 2.05. The van der Waals surface area contributed by atoms with Crippen LogP contribution in [0.4, 0.5) is 10.9 Å². The Balaban J connectivity index is 1.69. The molecule has 8 heteroatoms. The smallest absolute Gasteiger partial charge is 0.305 e. The molecule has 2 aromatic heterocycles. The Morgan fingerprint density at radius 3 is 2.91 bits per heavy atom. The monoisotopic (exact) mass is 331 g/mol. The number of aromatic nitrogens is 2. The standard InChI is InChI=1S/C15H17N5O2S/c1-22-14(21)5-3-12-10-23-15(20-12)18-7-6-17-13-4-2-11(8-16)9-19-13/h2,4,9-10H,3,5-7H2,1H3,(H,17,19)(H,18,20). The second-order valence-corrected chi connectivity index (χ2v) is 5.48. The van der Waals surface area contributed by atoms with Crippen molar-refractivity contribution in [3.05, 3.63) is 35.0 Å². The van der Waals surface area contributed by atoms with Crippen LogP contribution in [0.3, 0.4) is 0 Å². The molecule has 0 amide bonds. The molecule has 7 nitrogen and oxygen atoms in total. The van der Waals surface area contributed by atoms with Gasteiger partial charge in [0.15, 0.2) is 5.13 Å². The molecule has 0 aliphatic heterocycles. The summed E-state index contributed by atoms with van der Waals surface area (Å²) in [6, 6.07) is 5.52. The van der Waals surface area contributed by atoms with Crippen LogP contribution in [0.2, 0.25) is 0 Å². The minimum absolute atomic E-state index is 0.230. The van der Waals surface area contributed by atoms with Crippen molar-refractivity contribution in [2.24, 2.45) is 0 Å². The Morgan fingerprint density at radius 1 is 1.39 bits per heavy atom. The molecule has 23 heavy (non-hydrogen) atoms. The Bertz CT molecular complexity index is 678. The zero-order valence-corrected chi connectivity index (χ0v) is 13.5. The molecule has 2 heterocycles. The number of nitrogens with one attached hydrogen (secondary N) is 2. The molecule has 0 saturated carbocycles. The fourth-order valence-corrected chi connectivity index (χ4v) is 2.53. The van der Waals surface area contributed by atoms with Crippen LogP contribution >= 0.6 is 11.3 Å². The summed E-state index contributed by atoms with van der Waals surface area (Å²) in [5, 5.41) is 17.8. The minimum atomic E-state index is -0.230. The second-order valence-electron chi connectivity index (χ2n) is 4.62. The van der Waals surface area contributed by atoms with E-state index >= 15 is 0 Å². The van der Waals surface area contributed by atoms with Gasteiger partial charge in [0.2, 0.25) is 0 Å². The summed E-state index contributed by atoms with van der Waals surface area (Å²) >= 11 is 1.51. The number of anilines is 2. The van der Waals surface area contributed by atoms with E-state index in [-0.39, 0.29) is 5.97 Å². The van der Waals surface area contributed by atoms with Crippen molar-refractivity contribution in [3.8, 4) is 6.07 Å². The van der Waals surface area contributed by atoms with E-state index in [9.17, 15) is 4.79 Å². The maximum Gasteiger partial charge on any atom is 0.305 e. The maximum atomic E-state index is 11.1. The molecular weight excluding hydrogens is 314 g/mol. The van der Waals surface area contributed by atoms with Crippen LogP contribution in [0.15, 0.2) is 23.7 Å². The Labute approximate surface area is 138 Å². The highest BCUT2D eigenvalue weighted by molar-refractivity contribution is 7.13. The number of carbonyl (C=O) groups is 1. The van der Waals surface area contributed by atoms with E-state index in [0.717, 1.165) is 16.6 Å². The summed E-state index contributed by atoms with van der Waals surface area (Å²) in [6.45, 7) is 1.36. The van der Waals surface area contributed by atoms with Gasteiger partial charge in [0.1, 0.15) is 11.9 Å². The number of hydrogen-bond donors (Lipinski definition) is 2. The van der Waals surface area contributed by atoms with Gasteiger partial charge in [-0.05, 0) is 12.1 Å². The summed E-state index contributed by atoms with van der Waals surface area (Å²) < 4.78 is 4.60. The first-order valence-electron chi connectivity index (χ1n) is 7.06. The highest BCUT2D eigenvalue weighted by atomic mass is 32.1. The van der Waals surface area contributed by atoms with Crippen molar-refractivity contribution in [3.63, 3.8) is 0 Å². The summed E-state index contributed by atoms with van der Waals surface area (Å²) in [5.74, 6) is 0.496. The maximum absolute atomic E-state index is 11.1. The van der Waals surface area contributed by atoms with Gasteiger partial charge >= 0.3 is 5.97 Å². The van der Waals surface area contributed by atoms with Gasteiger partial charge in [-0.1, -0.05) is 0 Å². The lowest BCUT2D eigenvalue weighted by Crippen LogP contribution is -2.14. The molecule has 120 valence electrons. The molecule has 0 bridgehead atoms. The zero-order chi connectivity index (χ0) is 16.5. The van der Waals surface area contributed by atoms with Crippen molar-refractivity contribution < 1.29 is 9.53 Å². The van der Waals surface area contributed by atoms with E-state index in [1.807, 2.05) is 11.4 Å². The topological polar surface area (TPSA) is 99.9 Å². The number of esters is 1. The summed E-state index contributed by atoms with van der Waals surface area (Å²) in [7, 11) is 1.38.